The molecule has 0 aliphatic rings. The van der Waals surface area contributed by atoms with Crippen molar-refractivity contribution in [2.24, 2.45) is 0 Å². The number of benzene rings is 1. The molecule has 0 radical (unpaired) electrons. The van der Waals surface area contributed by atoms with Gasteiger partial charge in [0.1, 0.15) is 5.82 Å². The van der Waals surface area contributed by atoms with Gasteiger partial charge in [-0.15, -0.1) is 0 Å². The van der Waals surface area contributed by atoms with Gasteiger partial charge in [0.15, 0.2) is 0 Å². The highest BCUT2D eigenvalue weighted by molar-refractivity contribution is 9.10. The minimum Gasteiger partial charge on any atom is -0.373 e. The third-order valence-corrected chi connectivity index (χ3v) is 3.74. The predicted octanol–water partition coefficient (Wildman–Crippen LogP) is 3.52. The minimum absolute atomic E-state index is 0.866. The molecule has 0 saturated carbocycles. The van der Waals surface area contributed by atoms with Gasteiger partial charge in [0, 0.05) is 36.4 Å². The highest BCUT2D eigenvalue weighted by atomic mass is 79.9. The summed E-state index contributed by atoms with van der Waals surface area (Å²) in [6.45, 7) is 1.77. The molecule has 2 rings (SSSR count). The second-order valence-corrected chi connectivity index (χ2v) is 5.38. The van der Waals surface area contributed by atoms with E-state index in [9.17, 15) is 0 Å². The number of rotatable bonds is 5. The number of anilines is 1. The van der Waals surface area contributed by atoms with Crippen LogP contribution >= 0.6 is 15.9 Å². The van der Waals surface area contributed by atoms with Crippen molar-refractivity contribution in [2.75, 3.05) is 19.4 Å². The Bertz CT molecular complexity index is 542. The SMILES string of the molecule is CNc1ncccc1CN(C)Cc1ccccc1Br. The van der Waals surface area contributed by atoms with E-state index in [1.807, 2.05) is 25.4 Å². The Morgan fingerprint density at radius 3 is 2.53 bits per heavy atom. The number of hydrogen-bond donors (Lipinski definition) is 1. The van der Waals surface area contributed by atoms with Gasteiger partial charge in [-0.05, 0) is 24.7 Å². The van der Waals surface area contributed by atoms with Gasteiger partial charge in [0.05, 0.1) is 0 Å². The first-order chi connectivity index (χ1) is 9.20. The fraction of sp³-hybridized carbons (Fsp3) is 0.267. The molecule has 19 heavy (non-hydrogen) atoms. The Hall–Kier alpha value is -1.39. The maximum Gasteiger partial charge on any atom is 0.130 e. The molecule has 1 aromatic heterocycles. The van der Waals surface area contributed by atoms with E-state index in [-0.39, 0.29) is 0 Å². The number of hydrogen-bond acceptors (Lipinski definition) is 3. The van der Waals surface area contributed by atoms with Crippen LogP contribution < -0.4 is 5.32 Å². The highest BCUT2D eigenvalue weighted by Gasteiger charge is 2.07. The highest BCUT2D eigenvalue weighted by Crippen LogP contribution is 2.19. The first kappa shape index (κ1) is 14.0. The van der Waals surface area contributed by atoms with Gasteiger partial charge in [0.2, 0.25) is 0 Å². The Kier molecular flexibility index (Phi) is 4.93. The van der Waals surface area contributed by atoms with Crippen molar-refractivity contribution in [1.82, 2.24) is 9.88 Å². The Balaban J connectivity index is 2.05. The number of nitrogens with one attached hydrogen (secondary N) is 1. The van der Waals surface area contributed by atoms with Crippen LogP contribution in [0.2, 0.25) is 0 Å². The van der Waals surface area contributed by atoms with Crippen LogP contribution in [0.4, 0.5) is 5.82 Å². The smallest absolute Gasteiger partial charge is 0.130 e. The van der Waals surface area contributed by atoms with Crippen LogP contribution in [0, 0.1) is 0 Å². The lowest BCUT2D eigenvalue weighted by Crippen LogP contribution is -2.18. The number of aromatic nitrogens is 1. The average Bonchev–Trinajstić information content (AvgIpc) is 2.42. The zero-order valence-corrected chi connectivity index (χ0v) is 12.8. The van der Waals surface area contributed by atoms with E-state index in [2.05, 4.69) is 62.4 Å². The summed E-state index contributed by atoms with van der Waals surface area (Å²) in [4.78, 5) is 6.60. The number of nitrogens with zero attached hydrogens (tertiary/aromatic N) is 2. The summed E-state index contributed by atoms with van der Waals surface area (Å²) in [6.07, 6.45) is 1.81. The third-order valence-electron chi connectivity index (χ3n) is 2.97. The Morgan fingerprint density at radius 1 is 1.11 bits per heavy atom. The molecule has 0 spiro atoms. The molecule has 4 heteroatoms. The largest absolute Gasteiger partial charge is 0.373 e. The fourth-order valence-electron chi connectivity index (χ4n) is 2.06. The van der Waals surface area contributed by atoms with E-state index < -0.39 is 0 Å². The molecule has 0 amide bonds. The predicted molar refractivity (Wildman–Crippen MR) is 83.1 cm³/mol. The summed E-state index contributed by atoms with van der Waals surface area (Å²) < 4.78 is 1.15. The van der Waals surface area contributed by atoms with E-state index in [0.29, 0.717) is 0 Å². The van der Waals surface area contributed by atoms with Gasteiger partial charge in [-0.1, -0.05) is 40.2 Å². The summed E-state index contributed by atoms with van der Waals surface area (Å²) in [5.74, 6) is 0.946. The van der Waals surface area contributed by atoms with Crippen LogP contribution in [0.5, 0.6) is 0 Å². The van der Waals surface area contributed by atoms with Gasteiger partial charge in [-0.3, -0.25) is 4.90 Å². The molecule has 1 heterocycles. The van der Waals surface area contributed by atoms with Crippen LogP contribution in [-0.4, -0.2) is 24.0 Å². The van der Waals surface area contributed by atoms with Crippen LogP contribution in [0.15, 0.2) is 47.1 Å². The van der Waals surface area contributed by atoms with Crippen molar-refractivity contribution in [3.8, 4) is 0 Å². The summed E-state index contributed by atoms with van der Waals surface area (Å²) in [7, 11) is 4.02. The van der Waals surface area contributed by atoms with Crippen LogP contribution in [0.1, 0.15) is 11.1 Å². The lowest BCUT2D eigenvalue weighted by Gasteiger charge is -2.19. The van der Waals surface area contributed by atoms with E-state index in [4.69, 9.17) is 0 Å². The molecule has 0 unspecified atom stereocenters. The molecule has 0 saturated heterocycles. The quantitative estimate of drug-likeness (QED) is 0.914. The molecule has 100 valence electrons. The van der Waals surface area contributed by atoms with Crippen LogP contribution in [0.3, 0.4) is 0 Å². The van der Waals surface area contributed by atoms with Crippen molar-refractivity contribution in [1.29, 1.82) is 0 Å². The first-order valence-corrected chi connectivity index (χ1v) is 7.03. The van der Waals surface area contributed by atoms with Crippen molar-refractivity contribution in [3.63, 3.8) is 0 Å². The second kappa shape index (κ2) is 6.68. The van der Waals surface area contributed by atoms with E-state index in [1.54, 1.807) is 0 Å². The van der Waals surface area contributed by atoms with Gasteiger partial charge >= 0.3 is 0 Å². The molecule has 2 aromatic rings. The zero-order chi connectivity index (χ0) is 13.7. The average molecular weight is 320 g/mol. The number of pyridine rings is 1. The minimum atomic E-state index is 0.866. The normalized spacial score (nSPS) is 10.7. The summed E-state index contributed by atoms with van der Waals surface area (Å²) in [5, 5.41) is 3.13. The molecule has 0 atom stereocenters. The molecule has 0 bridgehead atoms. The van der Waals surface area contributed by atoms with Crippen LogP contribution in [-0.2, 0) is 13.1 Å². The monoisotopic (exact) mass is 319 g/mol. The Morgan fingerprint density at radius 2 is 1.79 bits per heavy atom. The summed E-state index contributed by atoms with van der Waals surface area (Å²) >= 11 is 3.59. The molecule has 1 aromatic carbocycles. The van der Waals surface area contributed by atoms with Gasteiger partial charge < -0.3 is 5.32 Å². The standard InChI is InChI=1S/C15H18BrN3/c1-17-15-13(7-5-9-18-15)11-19(2)10-12-6-3-4-8-14(12)16/h3-9H,10-11H2,1-2H3,(H,17,18). The summed E-state index contributed by atoms with van der Waals surface area (Å²) in [6, 6.07) is 12.4. The maximum absolute atomic E-state index is 4.33. The van der Waals surface area contributed by atoms with Gasteiger partial charge in [-0.25, -0.2) is 4.98 Å². The zero-order valence-electron chi connectivity index (χ0n) is 11.2. The third kappa shape index (κ3) is 3.78. The molecule has 0 fully saturated rings. The summed E-state index contributed by atoms with van der Waals surface area (Å²) in [5.41, 5.74) is 2.50. The molecule has 0 aliphatic carbocycles. The van der Waals surface area contributed by atoms with Crippen molar-refractivity contribution in [3.05, 3.63) is 58.2 Å². The van der Waals surface area contributed by atoms with E-state index in [1.165, 1.54) is 11.1 Å². The lowest BCUT2D eigenvalue weighted by molar-refractivity contribution is 0.318. The maximum atomic E-state index is 4.33. The first-order valence-electron chi connectivity index (χ1n) is 6.24. The lowest BCUT2D eigenvalue weighted by atomic mass is 10.2. The van der Waals surface area contributed by atoms with Crippen molar-refractivity contribution < 1.29 is 0 Å². The van der Waals surface area contributed by atoms with Gasteiger partial charge in [-0.2, -0.15) is 0 Å². The Labute approximate surface area is 122 Å². The van der Waals surface area contributed by atoms with Crippen molar-refractivity contribution >= 4 is 21.7 Å². The number of halogens is 1. The fourth-order valence-corrected chi connectivity index (χ4v) is 2.47. The molecule has 3 nitrogen and oxygen atoms in total. The molecule has 0 aliphatic heterocycles. The van der Waals surface area contributed by atoms with Crippen LogP contribution in [0.25, 0.3) is 0 Å². The second-order valence-electron chi connectivity index (χ2n) is 4.52. The topological polar surface area (TPSA) is 28.2 Å². The molecular weight excluding hydrogens is 302 g/mol. The molecule has 1 N–H and O–H groups in total. The molecular formula is C15H18BrN3. The van der Waals surface area contributed by atoms with Gasteiger partial charge in [0.25, 0.3) is 0 Å². The van der Waals surface area contributed by atoms with E-state index in [0.717, 1.165) is 23.4 Å². The van der Waals surface area contributed by atoms with E-state index >= 15 is 0 Å². The van der Waals surface area contributed by atoms with Crippen molar-refractivity contribution in [2.45, 2.75) is 13.1 Å².